The highest BCUT2D eigenvalue weighted by molar-refractivity contribution is 5.74. The molecule has 2 N–H and O–H groups in total. The van der Waals surface area contributed by atoms with Gasteiger partial charge in [-0.2, -0.15) is 0 Å². The van der Waals surface area contributed by atoms with Crippen LogP contribution in [-0.4, -0.2) is 35.4 Å². The van der Waals surface area contributed by atoms with Gasteiger partial charge in [0.2, 0.25) is 0 Å². The highest BCUT2D eigenvalue weighted by Crippen LogP contribution is 2.10. The fourth-order valence-corrected chi connectivity index (χ4v) is 2.76. The summed E-state index contributed by atoms with van der Waals surface area (Å²) in [5.74, 6) is 0. The van der Waals surface area contributed by atoms with Gasteiger partial charge >= 0.3 is 5.69 Å². The minimum atomic E-state index is -0.0365. The maximum atomic E-state index is 11.9. The first kappa shape index (κ1) is 13.4. The molecule has 1 saturated heterocycles. The van der Waals surface area contributed by atoms with Crippen molar-refractivity contribution in [2.24, 2.45) is 0 Å². The lowest BCUT2D eigenvalue weighted by Gasteiger charge is -2.23. The summed E-state index contributed by atoms with van der Waals surface area (Å²) in [6.45, 7) is 3.46. The molecule has 1 aliphatic rings. The van der Waals surface area contributed by atoms with Crippen molar-refractivity contribution >= 4 is 11.0 Å². The van der Waals surface area contributed by atoms with Crippen molar-refractivity contribution in [3.63, 3.8) is 0 Å². The summed E-state index contributed by atoms with van der Waals surface area (Å²) < 4.78 is 7.63. The zero-order valence-electron chi connectivity index (χ0n) is 11.6. The van der Waals surface area contributed by atoms with Crippen LogP contribution in [-0.2, 0) is 11.3 Å². The summed E-state index contributed by atoms with van der Waals surface area (Å²) in [7, 11) is 0. The van der Waals surface area contributed by atoms with E-state index >= 15 is 0 Å². The molecule has 1 unspecified atom stereocenters. The third kappa shape index (κ3) is 2.94. The quantitative estimate of drug-likeness (QED) is 0.813. The molecule has 1 aliphatic heterocycles. The van der Waals surface area contributed by atoms with Crippen molar-refractivity contribution < 1.29 is 4.74 Å². The first-order chi connectivity index (χ1) is 9.84. The summed E-state index contributed by atoms with van der Waals surface area (Å²) in [5.41, 5.74) is 1.83. The molecule has 0 amide bonds. The monoisotopic (exact) mass is 275 g/mol. The summed E-state index contributed by atoms with van der Waals surface area (Å²) in [4.78, 5) is 14.8. The molecule has 2 heterocycles. The number of aryl methyl sites for hydroxylation is 1. The van der Waals surface area contributed by atoms with E-state index in [4.69, 9.17) is 4.74 Å². The Morgan fingerprint density at radius 1 is 1.35 bits per heavy atom. The van der Waals surface area contributed by atoms with Crippen LogP contribution in [0.4, 0.5) is 0 Å². The maximum absolute atomic E-state index is 11.9. The Morgan fingerprint density at radius 3 is 3.10 bits per heavy atom. The van der Waals surface area contributed by atoms with Crippen molar-refractivity contribution in [3.8, 4) is 0 Å². The summed E-state index contributed by atoms with van der Waals surface area (Å²) in [6.07, 6.45) is 3.52. The SMILES string of the molecule is O=c1[nH]c2ccccc2n1CCCOC1CCCNC1. The van der Waals surface area contributed by atoms with Gasteiger partial charge in [0.25, 0.3) is 0 Å². The first-order valence-corrected chi connectivity index (χ1v) is 7.34. The Kier molecular flexibility index (Phi) is 4.18. The fraction of sp³-hybridized carbons (Fsp3) is 0.533. The number of hydrogen-bond donors (Lipinski definition) is 2. The molecule has 1 fully saturated rings. The zero-order chi connectivity index (χ0) is 13.8. The van der Waals surface area contributed by atoms with E-state index in [9.17, 15) is 4.79 Å². The molecule has 1 aromatic heterocycles. The molecule has 0 saturated carbocycles. The number of hydrogen-bond acceptors (Lipinski definition) is 3. The van der Waals surface area contributed by atoms with Crippen LogP contribution in [0.1, 0.15) is 19.3 Å². The third-order valence-electron chi connectivity index (χ3n) is 3.81. The Hall–Kier alpha value is -1.59. The molecule has 20 heavy (non-hydrogen) atoms. The molecular weight excluding hydrogens is 254 g/mol. The zero-order valence-corrected chi connectivity index (χ0v) is 11.6. The van der Waals surface area contributed by atoms with Gasteiger partial charge in [0.05, 0.1) is 17.1 Å². The first-order valence-electron chi connectivity index (χ1n) is 7.34. The highest BCUT2D eigenvalue weighted by atomic mass is 16.5. The maximum Gasteiger partial charge on any atom is 0.326 e. The number of nitrogens with one attached hydrogen (secondary N) is 2. The van der Waals surface area contributed by atoms with Gasteiger partial charge in [-0.1, -0.05) is 12.1 Å². The van der Waals surface area contributed by atoms with E-state index in [2.05, 4.69) is 10.3 Å². The van der Waals surface area contributed by atoms with Crippen LogP contribution in [0.2, 0.25) is 0 Å². The van der Waals surface area contributed by atoms with E-state index in [1.54, 1.807) is 4.57 Å². The van der Waals surface area contributed by atoms with Crippen LogP contribution >= 0.6 is 0 Å². The summed E-state index contributed by atoms with van der Waals surface area (Å²) >= 11 is 0. The Labute approximate surface area is 117 Å². The Bertz CT molecular complexity index is 611. The van der Waals surface area contributed by atoms with E-state index in [0.29, 0.717) is 19.3 Å². The molecule has 5 nitrogen and oxygen atoms in total. The second-order valence-electron chi connectivity index (χ2n) is 5.29. The topological polar surface area (TPSA) is 59.0 Å². The van der Waals surface area contributed by atoms with E-state index < -0.39 is 0 Å². The van der Waals surface area contributed by atoms with Gasteiger partial charge in [-0.05, 0) is 37.9 Å². The lowest BCUT2D eigenvalue weighted by atomic mass is 10.1. The number of nitrogens with zero attached hydrogens (tertiary/aromatic N) is 1. The lowest BCUT2D eigenvalue weighted by Crippen LogP contribution is -2.35. The standard InChI is InChI=1S/C15H21N3O2/c19-15-17-13-6-1-2-7-14(13)18(15)9-4-10-20-12-5-3-8-16-11-12/h1-2,6-7,12,16H,3-5,8-11H2,(H,17,19). The van der Waals surface area contributed by atoms with Crippen LogP contribution in [0.3, 0.4) is 0 Å². The van der Waals surface area contributed by atoms with E-state index in [1.165, 1.54) is 6.42 Å². The molecule has 2 aromatic rings. The van der Waals surface area contributed by atoms with Crippen LogP contribution in [0, 0.1) is 0 Å². The highest BCUT2D eigenvalue weighted by Gasteiger charge is 2.12. The predicted octanol–water partition coefficient (Wildman–Crippen LogP) is 1.49. The predicted molar refractivity (Wildman–Crippen MR) is 79.0 cm³/mol. The molecule has 5 heteroatoms. The Balaban J connectivity index is 1.54. The van der Waals surface area contributed by atoms with Crippen LogP contribution in [0.15, 0.2) is 29.1 Å². The number of ether oxygens (including phenoxy) is 1. The average Bonchev–Trinajstić information content (AvgIpc) is 2.80. The second-order valence-corrected chi connectivity index (χ2v) is 5.29. The van der Waals surface area contributed by atoms with Crippen molar-refractivity contribution in [3.05, 3.63) is 34.7 Å². The average molecular weight is 275 g/mol. The van der Waals surface area contributed by atoms with Crippen LogP contribution in [0.25, 0.3) is 11.0 Å². The minimum absolute atomic E-state index is 0.0365. The molecule has 0 spiro atoms. The number of aromatic nitrogens is 2. The van der Waals surface area contributed by atoms with Crippen molar-refractivity contribution in [1.29, 1.82) is 0 Å². The van der Waals surface area contributed by atoms with Crippen LogP contribution < -0.4 is 11.0 Å². The normalized spacial score (nSPS) is 19.5. The van der Waals surface area contributed by atoms with Gasteiger partial charge in [-0.25, -0.2) is 4.79 Å². The number of para-hydroxylation sites is 2. The van der Waals surface area contributed by atoms with E-state index in [1.807, 2.05) is 24.3 Å². The Morgan fingerprint density at radius 2 is 2.25 bits per heavy atom. The number of piperidine rings is 1. The number of H-pyrrole nitrogens is 1. The molecular formula is C15H21N3O2. The molecule has 1 aromatic carbocycles. The molecule has 3 rings (SSSR count). The summed E-state index contributed by atoms with van der Waals surface area (Å²) in [5, 5.41) is 3.34. The van der Waals surface area contributed by atoms with Crippen molar-refractivity contribution in [2.75, 3.05) is 19.7 Å². The van der Waals surface area contributed by atoms with Gasteiger partial charge in [0.1, 0.15) is 0 Å². The number of aromatic amines is 1. The van der Waals surface area contributed by atoms with Crippen LogP contribution in [0.5, 0.6) is 0 Å². The lowest BCUT2D eigenvalue weighted by molar-refractivity contribution is 0.0341. The molecule has 0 bridgehead atoms. The van der Waals surface area contributed by atoms with E-state index in [0.717, 1.165) is 37.0 Å². The van der Waals surface area contributed by atoms with E-state index in [-0.39, 0.29) is 5.69 Å². The largest absolute Gasteiger partial charge is 0.377 e. The smallest absolute Gasteiger partial charge is 0.326 e. The van der Waals surface area contributed by atoms with Gasteiger partial charge in [-0.15, -0.1) is 0 Å². The van der Waals surface area contributed by atoms with Gasteiger partial charge < -0.3 is 15.0 Å². The molecule has 0 aliphatic carbocycles. The second kappa shape index (κ2) is 6.24. The minimum Gasteiger partial charge on any atom is -0.377 e. The van der Waals surface area contributed by atoms with Gasteiger partial charge in [-0.3, -0.25) is 4.57 Å². The molecule has 0 radical (unpaired) electrons. The van der Waals surface area contributed by atoms with Gasteiger partial charge in [0.15, 0.2) is 0 Å². The summed E-state index contributed by atoms with van der Waals surface area (Å²) in [6, 6.07) is 7.79. The van der Waals surface area contributed by atoms with Crippen molar-refractivity contribution in [2.45, 2.75) is 31.9 Å². The number of benzene rings is 1. The number of imidazole rings is 1. The molecule has 1 atom stereocenters. The fourth-order valence-electron chi connectivity index (χ4n) is 2.76. The number of fused-ring (bicyclic) bond motifs is 1. The van der Waals surface area contributed by atoms with Crippen molar-refractivity contribution in [1.82, 2.24) is 14.9 Å². The number of rotatable bonds is 5. The third-order valence-corrected chi connectivity index (χ3v) is 3.81. The van der Waals surface area contributed by atoms with Gasteiger partial charge in [0, 0.05) is 19.7 Å². The molecule has 108 valence electrons.